The van der Waals surface area contributed by atoms with Crippen molar-refractivity contribution in [3.8, 4) is 0 Å². The number of amides is 1. The van der Waals surface area contributed by atoms with Gasteiger partial charge in [0.1, 0.15) is 15.8 Å². The summed E-state index contributed by atoms with van der Waals surface area (Å²) in [4.78, 5) is 33.0. The Bertz CT molecular complexity index is 1120. The van der Waals surface area contributed by atoms with Gasteiger partial charge in [0.05, 0.1) is 16.6 Å². The third kappa shape index (κ3) is 4.68. The van der Waals surface area contributed by atoms with E-state index >= 15 is 0 Å². The highest BCUT2D eigenvalue weighted by atomic mass is 32.2. The molecule has 2 fully saturated rings. The summed E-state index contributed by atoms with van der Waals surface area (Å²) in [5.74, 6) is 0.586. The van der Waals surface area contributed by atoms with Crippen molar-refractivity contribution in [1.29, 1.82) is 0 Å². The molecule has 1 unspecified atom stereocenters. The van der Waals surface area contributed by atoms with Gasteiger partial charge in [-0.05, 0) is 43.4 Å². The highest BCUT2D eigenvalue weighted by Crippen LogP contribution is 2.33. The number of hydrogen-bond donors (Lipinski definition) is 1. The van der Waals surface area contributed by atoms with E-state index in [1.807, 2.05) is 32.9 Å². The predicted octanol–water partition coefficient (Wildman–Crippen LogP) is 3.45. The molecule has 164 valence electrons. The molecular weight excluding hydrogens is 432 g/mol. The van der Waals surface area contributed by atoms with Crippen LogP contribution in [0.15, 0.2) is 28.0 Å². The molecule has 2 aliphatic rings. The average Bonchev–Trinajstić information content (AvgIpc) is 3.33. The number of thioether (sulfide) groups is 1. The SMILES string of the molecule is Cc1ccc2nc(NCC3CCCO3)c(C=C3SC(=S)N(CC(C)C)C3=O)c(=O)n2c1. The minimum absolute atomic E-state index is 0.0929. The first-order chi connectivity index (χ1) is 14.8. The van der Waals surface area contributed by atoms with E-state index in [1.165, 1.54) is 16.2 Å². The number of carbonyl (C=O) groups is 1. The van der Waals surface area contributed by atoms with E-state index in [9.17, 15) is 9.59 Å². The zero-order valence-electron chi connectivity index (χ0n) is 17.9. The van der Waals surface area contributed by atoms with Crippen LogP contribution in [0.1, 0.15) is 37.8 Å². The summed E-state index contributed by atoms with van der Waals surface area (Å²) in [5, 5.41) is 3.29. The smallest absolute Gasteiger partial charge is 0.267 e. The van der Waals surface area contributed by atoms with Crippen LogP contribution in [0, 0.1) is 12.8 Å². The zero-order chi connectivity index (χ0) is 22.1. The van der Waals surface area contributed by atoms with Crippen LogP contribution in [0.4, 0.5) is 5.82 Å². The Morgan fingerprint density at radius 1 is 1.39 bits per heavy atom. The van der Waals surface area contributed by atoms with Crippen molar-refractivity contribution in [3.63, 3.8) is 0 Å². The molecule has 0 bridgehead atoms. The second-order valence-electron chi connectivity index (χ2n) is 8.32. The molecule has 2 aromatic heterocycles. The molecular formula is C22H26N4O3S2. The summed E-state index contributed by atoms with van der Waals surface area (Å²) in [5.41, 5.74) is 1.63. The van der Waals surface area contributed by atoms with Gasteiger partial charge in [-0.15, -0.1) is 0 Å². The van der Waals surface area contributed by atoms with Crippen molar-refractivity contribution in [2.45, 2.75) is 39.7 Å². The van der Waals surface area contributed by atoms with Crippen LogP contribution in [0.3, 0.4) is 0 Å². The molecule has 1 amide bonds. The van der Waals surface area contributed by atoms with Crippen molar-refractivity contribution in [2.24, 2.45) is 5.92 Å². The zero-order valence-corrected chi connectivity index (χ0v) is 19.5. The number of pyridine rings is 1. The Kier molecular flexibility index (Phi) is 6.45. The van der Waals surface area contributed by atoms with Crippen LogP contribution < -0.4 is 10.9 Å². The van der Waals surface area contributed by atoms with E-state index in [2.05, 4.69) is 10.3 Å². The molecule has 2 aromatic rings. The van der Waals surface area contributed by atoms with Gasteiger partial charge in [-0.1, -0.05) is 43.9 Å². The lowest BCUT2D eigenvalue weighted by Crippen LogP contribution is -2.31. The first-order valence-corrected chi connectivity index (χ1v) is 11.7. The van der Waals surface area contributed by atoms with Crippen molar-refractivity contribution < 1.29 is 9.53 Å². The van der Waals surface area contributed by atoms with Crippen LogP contribution in [-0.2, 0) is 9.53 Å². The van der Waals surface area contributed by atoms with Crippen molar-refractivity contribution in [2.75, 3.05) is 25.0 Å². The summed E-state index contributed by atoms with van der Waals surface area (Å²) in [7, 11) is 0. The van der Waals surface area contributed by atoms with Crippen molar-refractivity contribution in [3.05, 3.63) is 44.7 Å². The standard InChI is InChI=1S/C22H26N4O3S2/c1-13(2)11-26-21(28)17(31-22(26)30)9-16-19(23-10-15-5-4-8-29-15)24-18-7-6-14(3)12-25(18)20(16)27/h6-7,9,12-13,15,23H,4-5,8,10-11H2,1-3H3. The number of aryl methyl sites for hydroxylation is 1. The van der Waals surface area contributed by atoms with E-state index < -0.39 is 0 Å². The maximum absolute atomic E-state index is 13.4. The molecule has 0 aliphatic carbocycles. The molecule has 0 radical (unpaired) electrons. The maximum Gasteiger partial charge on any atom is 0.267 e. The van der Waals surface area contributed by atoms with Gasteiger partial charge in [0, 0.05) is 25.9 Å². The van der Waals surface area contributed by atoms with E-state index in [0.717, 1.165) is 25.0 Å². The normalized spacial score (nSPS) is 20.6. The maximum atomic E-state index is 13.4. The molecule has 7 nitrogen and oxygen atoms in total. The quantitative estimate of drug-likeness (QED) is 0.525. The lowest BCUT2D eigenvalue weighted by molar-refractivity contribution is -0.122. The van der Waals surface area contributed by atoms with Crippen molar-refractivity contribution >= 4 is 51.7 Å². The third-order valence-electron chi connectivity index (χ3n) is 5.22. The summed E-state index contributed by atoms with van der Waals surface area (Å²) >= 11 is 6.64. The van der Waals surface area contributed by atoms with Crippen LogP contribution in [0.2, 0.25) is 0 Å². The molecule has 1 atom stereocenters. The molecule has 9 heteroatoms. The summed E-state index contributed by atoms with van der Waals surface area (Å²) in [6, 6.07) is 3.74. The minimum atomic E-state index is -0.224. The van der Waals surface area contributed by atoms with Gasteiger partial charge in [0.15, 0.2) is 0 Å². The predicted molar refractivity (Wildman–Crippen MR) is 128 cm³/mol. The number of fused-ring (bicyclic) bond motifs is 1. The Morgan fingerprint density at radius 3 is 2.90 bits per heavy atom. The Hall–Kier alpha value is -2.23. The molecule has 4 heterocycles. The number of thiocarbonyl (C=S) groups is 1. The van der Waals surface area contributed by atoms with Gasteiger partial charge in [0.2, 0.25) is 0 Å². The number of nitrogens with zero attached hydrogens (tertiary/aromatic N) is 3. The number of hydrogen-bond acceptors (Lipinski definition) is 7. The van der Waals surface area contributed by atoms with E-state index in [1.54, 1.807) is 17.2 Å². The van der Waals surface area contributed by atoms with Crippen LogP contribution in [0.25, 0.3) is 11.7 Å². The topological polar surface area (TPSA) is 75.9 Å². The van der Waals surface area contributed by atoms with Crippen LogP contribution >= 0.6 is 24.0 Å². The Labute approximate surface area is 190 Å². The summed E-state index contributed by atoms with van der Waals surface area (Å²) < 4.78 is 7.73. The molecule has 31 heavy (non-hydrogen) atoms. The molecule has 1 N–H and O–H groups in total. The second kappa shape index (κ2) is 9.10. The van der Waals surface area contributed by atoms with Gasteiger partial charge in [0.25, 0.3) is 11.5 Å². The monoisotopic (exact) mass is 458 g/mol. The number of rotatable bonds is 6. The van der Waals surface area contributed by atoms with E-state index in [0.29, 0.717) is 45.3 Å². The lowest BCUT2D eigenvalue weighted by Gasteiger charge is -2.16. The fraction of sp³-hybridized carbons (Fsp3) is 0.455. The van der Waals surface area contributed by atoms with Gasteiger partial charge >= 0.3 is 0 Å². The molecule has 0 saturated carbocycles. The minimum Gasteiger partial charge on any atom is -0.376 e. The number of carbonyl (C=O) groups excluding carboxylic acids is 1. The van der Waals surface area contributed by atoms with Gasteiger partial charge in [-0.2, -0.15) is 0 Å². The molecule has 0 spiro atoms. The number of anilines is 1. The molecule has 4 rings (SSSR count). The highest BCUT2D eigenvalue weighted by molar-refractivity contribution is 8.26. The first-order valence-electron chi connectivity index (χ1n) is 10.5. The fourth-order valence-electron chi connectivity index (χ4n) is 3.69. The number of ether oxygens (including phenoxy) is 1. The molecule has 0 aromatic carbocycles. The van der Waals surface area contributed by atoms with Gasteiger partial charge in [-0.25, -0.2) is 4.98 Å². The Balaban J connectivity index is 1.75. The molecule has 2 aliphatic heterocycles. The summed E-state index contributed by atoms with van der Waals surface area (Å²) in [6.07, 6.45) is 5.49. The Morgan fingerprint density at radius 2 is 2.19 bits per heavy atom. The van der Waals surface area contributed by atoms with Crippen LogP contribution in [-0.4, -0.2) is 50.3 Å². The van der Waals surface area contributed by atoms with Crippen LogP contribution in [0.5, 0.6) is 0 Å². The second-order valence-corrected chi connectivity index (χ2v) is 9.99. The number of nitrogens with one attached hydrogen (secondary N) is 1. The first kappa shape index (κ1) is 22.0. The fourth-order valence-corrected chi connectivity index (χ4v) is 4.95. The average molecular weight is 459 g/mol. The largest absolute Gasteiger partial charge is 0.376 e. The highest BCUT2D eigenvalue weighted by Gasteiger charge is 2.33. The van der Waals surface area contributed by atoms with E-state index in [4.69, 9.17) is 17.0 Å². The lowest BCUT2D eigenvalue weighted by atomic mass is 10.2. The van der Waals surface area contributed by atoms with Gasteiger partial charge in [-0.3, -0.25) is 18.9 Å². The number of aromatic nitrogens is 2. The molecule has 2 saturated heterocycles. The van der Waals surface area contributed by atoms with E-state index in [-0.39, 0.29) is 17.6 Å². The van der Waals surface area contributed by atoms with Gasteiger partial charge < -0.3 is 10.1 Å². The van der Waals surface area contributed by atoms with Crippen molar-refractivity contribution in [1.82, 2.24) is 14.3 Å². The summed E-state index contributed by atoms with van der Waals surface area (Å²) in [6.45, 7) is 7.87. The third-order valence-corrected chi connectivity index (χ3v) is 6.60.